The summed E-state index contributed by atoms with van der Waals surface area (Å²) in [4.78, 5) is 8.31. The highest BCUT2D eigenvalue weighted by Gasteiger charge is 2.21. The van der Waals surface area contributed by atoms with Gasteiger partial charge in [-0.15, -0.1) is 0 Å². The molecule has 0 aliphatic heterocycles. The zero-order chi connectivity index (χ0) is 9.80. The molecule has 2 N–H and O–H groups in total. The summed E-state index contributed by atoms with van der Waals surface area (Å²) in [6.45, 7) is 3.09. The molecule has 2 rings (SSSR count). The van der Waals surface area contributed by atoms with Gasteiger partial charge in [0.15, 0.2) is 0 Å². The smallest absolute Gasteiger partial charge is 0.131 e. The number of aromatic nitrogens is 2. The number of nitrogens with zero attached hydrogens (tertiary/aromatic N) is 2. The van der Waals surface area contributed by atoms with Gasteiger partial charge in [0.25, 0.3) is 0 Å². The fraction of sp³-hybridized carbons (Fsp3) is 0.600. The van der Waals surface area contributed by atoms with Crippen molar-refractivity contribution < 1.29 is 0 Å². The number of anilines is 2. The Morgan fingerprint density at radius 3 is 2.86 bits per heavy atom. The molecule has 0 aromatic carbocycles. The van der Waals surface area contributed by atoms with Gasteiger partial charge < -0.3 is 10.6 Å². The Morgan fingerprint density at radius 2 is 2.14 bits per heavy atom. The van der Waals surface area contributed by atoms with Crippen molar-refractivity contribution in [2.24, 2.45) is 0 Å². The molecule has 0 bridgehead atoms. The van der Waals surface area contributed by atoms with Gasteiger partial charge in [-0.3, -0.25) is 0 Å². The molecule has 0 unspecified atom stereocenters. The topological polar surface area (TPSA) is 49.8 Å². The second-order valence-corrected chi connectivity index (χ2v) is 3.63. The third-order valence-electron chi connectivity index (χ3n) is 2.15. The Balaban J connectivity index is 1.94. The fourth-order valence-electron chi connectivity index (χ4n) is 1.22. The summed E-state index contributed by atoms with van der Waals surface area (Å²) in [6.07, 6.45) is 5.24. The van der Waals surface area contributed by atoms with Gasteiger partial charge in [-0.25, -0.2) is 9.97 Å². The van der Waals surface area contributed by atoms with Crippen molar-refractivity contribution in [3.05, 3.63) is 12.4 Å². The molecule has 76 valence electrons. The predicted molar refractivity (Wildman–Crippen MR) is 57.5 cm³/mol. The molecule has 0 saturated heterocycles. The second-order valence-electron chi connectivity index (χ2n) is 3.63. The van der Waals surface area contributed by atoms with E-state index < -0.39 is 0 Å². The SMILES string of the molecule is CCCNc1cc(NC2CC2)ncn1. The predicted octanol–water partition coefficient (Wildman–Crippen LogP) is 1.87. The van der Waals surface area contributed by atoms with E-state index in [9.17, 15) is 0 Å². The van der Waals surface area contributed by atoms with Crippen LogP contribution in [-0.4, -0.2) is 22.6 Å². The molecule has 0 amide bonds. The third kappa shape index (κ3) is 2.58. The van der Waals surface area contributed by atoms with Crippen LogP contribution in [0.1, 0.15) is 26.2 Å². The fourth-order valence-corrected chi connectivity index (χ4v) is 1.22. The molecule has 0 spiro atoms. The minimum absolute atomic E-state index is 0.643. The van der Waals surface area contributed by atoms with Crippen LogP contribution in [0.4, 0.5) is 11.6 Å². The highest BCUT2D eigenvalue weighted by molar-refractivity contribution is 5.47. The summed E-state index contributed by atoms with van der Waals surface area (Å²) in [7, 11) is 0. The lowest BCUT2D eigenvalue weighted by Crippen LogP contribution is -2.06. The van der Waals surface area contributed by atoms with Gasteiger partial charge in [0, 0.05) is 18.7 Å². The van der Waals surface area contributed by atoms with Crippen LogP contribution >= 0.6 is 0 Å². The summed E-state index contributed by atoms with van der Waals surface area (Å²) >= 11 is 0. The highest BCUT2D eigenvalue weighted by atomic mass is 15.1. The highest BCUT2D eigenvalue weighted by Crippen LogP contribution is 2.23. The van der Waals surface area contributed by atoms with Crippen LogP contribution in [0.2, 0.25) is 0 Å². The second kappa shape index (κ2) is 4.26. The van der Waals surface area contributed by atoms with Crippen molar-refractivity contribution in [2.45, 2.75) is 32.2 Å². The molecule has 1 aromatic heterocycles. The first-order valence-electron chi connectivity index (χ1n) is 5.21. The molecule has 4 heteroatoms. The molecule has 1 fully saturated rings. The maximum atomic E-state index is 4.17. The molecular weight excluding hydrogens is 176 g/mol. The maximum absolute atomic E-state index is 4.17. The molecule has 14 heavy (non-hydrogen) atoms. The van der Waals surface area contributed by atoms with Crippen molar-refractivity contribution in [3.8, 4) is 0 Å². The molecular formula is C10H16N4. The van der Waals surface area contributed by atoms with E-state index >= 15 is 0 Å². The third-order valence-corrected chi connectivity index (χ3v) is 2.15. The minimum atomic E-state index is 0.643. The Morgan fingerprint density at radius 1 is 1.36 bits per heavy atom. The van der Waals surface area contributed by atoms with E-state index in [2.05, 4.69) is 27.5 Å². The van der Waals surface area contributed by atoms with Crippen LogP contribution in [0.3, 0.4) is 0 Å². The summed E-state index contributed by atoms with van der Waals surface area (Å²) in [5.41, 5.74) is 0. The average molecular weight is 192 g/mol. The van der Waals surface area contributed by atoms with Crippen LogP contribution in [-0.2, 0) is 0 Å². The first-order chi connectivity index (χ1) is 6.88. The van der Waals surface area contributed by atoms with E-state index in [0.717, 1.165) is 24.6 Å². The monoisotopic (exact) mass is 192 g/mol. The molecule has 1 saturated carbocycles. The van der Waals surface area contributed by atoms with Gasteiger partial charge >= 0.3 is 0 Å². The molecule has 1 aliphatic rings. The lowest BCUT2D eigenvalue weighted by Gasteiger charge is -2.06. The molecule has 1 heterocycles. The molecule has 0 atom stereocenters. The Bertz CT molecular complexity index is 296. The maximum Gasteiger partial charge on any atom is 0.131 e. The van der Waals surface area contributed by atoms with Gasteiger partial charge in [-0.05, 0) is 19.3 Å². The van der Waals surface area contributed by atoms with E-state index in [-0.39, 0.29) is 0 Å². The molecule has 1 aliphatic carbocycles. The van der Waals surface area contributed by atoms with Crippen LogP contribution in [0.15, 0.2) is 12.4 Å². The van der Waals surface area contributed by atoms with Crippen LogP contribution < -0.4 is 10.6 Å². The Kier molecular flexibility index (Phi) is 2.81. The van der Waals surface area contributed by atoms with Crippen molar-refractivity contribution in [2.75, 3.05) is 17.2 Å². The van der Waals surface area contributed by atoms with E-state index in [0.29, 0.717) is 6.04 Å². The van der Waals surface area contributed by atoms with Crippen LogP contribution in [0.25, 0.3) is 0 Å². The zero-order valence-corrected chi connectivity index (χ0v) is 8.45. The largest absolute Gasteiger partial charge is 0.370 e. The van der Waals surface area contributed by atoms with Gasteiger partial charge in [0.1, 0.15) is 18.0 Å². The van der Waals surface area contributed by atoms with Crippen molar-refractivity contribution in [1.29, 1.82) is 0 Å². The normalized spacial score (nSPS) is 15.2. The van der Waals surface area contributed by atoms with Crippen molar-refractivity contribution >= 4 is 11.6 Å². The van der Waals surface area contributed by atoms with Gasteiger partial charge in [-0.1, -0.05) is 6.92 Å². The summed E-state index contributed by atoms with van der Waals surface area (Å²) in [5.74, 6) is 1.84. The van der Waals surface area contributed by atoms with Crippen molar-refractivity contribution in [3.63, 3.8) is 0 Å². The Hall–Kier alpha value is -1.32. The van der Waals surface area contributed by atoms with E-state index in [1.807, 2.05) is 6.07 Å². The minimum Gasteiger partial charge on any atom is -0.370 e. The summed E-state index contributed by atoms with van der Waals surface area (Å²) < 4.78 is 0. The van der Waals surface area contributed by atoms with Crippen LogP contribution in [0.5, 0.6) is 0 Å². The first-order valence-corrected chi connectivity index (χ1v) is 5.21. The summed E-state index contributed by atoms with van der Waals surface area (Å²) in [5, 5.41) is 6.58. The first kappa shape index (κ1) is 9.24. The standard InChI is InChI=1S/C10H16N4/c1-2-5-11-9-6-10(13-7-12-9)14-8-3-4-8/h6-8H,2-5H2,1H3,(H2,11,12,13,14). The quantitative estimate of drug-likeness (QED) is 0.747. The number of hydrogen-bond donors (Lipinski definition) is 2. The lowest BCUT2D eigenvalue weighted by atomic mass is 10.4. The molecule has 1 aromatic rings. The average Bonchev–Trinajstić information content (AvgIpc) is 2.99. The summed E-state index contributed by atoms with van der Waals surface area (Å²) in [6, 6.07) is 2.61. The van der Waals surface area contributed by atoms with E-state index in [1.165, 1.54) is 12.8 Å². The zero-order valence-electron chi connectivity index (χ0n) is 8.45. The Labute approximate surface area is 84.2 Å². The van der Waals surface area contributed by atoms with Crippen molar-refractivity contribution in [1.82, 2.24) is 9.97 Å². The number of rotatable bonds is 5. The van der Waals surface area contributed by atoms with Gasteiger partial charge in [0.05, 0.1) is 0 Å². The lowest BCUT2D eigenvalue weighted by molar-refractivity contribution is 0.963. The van der Waals surface area contributed by atoms with Crippen LogP contribution in [0, 0.1) is 0 Å². The van der Waals surface area contributed by atoms with Gasteiger partial charge in [-0.2, -0.15) is 0 Å². The van der Waals surface area contributed by atoms with E-state index in [4.69, 9.17) is 0 Å². The molecule has 0 radical (unpaired) electrons. The number of nitrogens with one attached hydrogen (secondary N) is 2. The molecule has 4 nitrogen and oxygen atoms in total. The number of hydrogen-bond acceptors (Lipinski definition) is 4. The van der Waals surface area contributed by atoms with E-state index in [1.54, 1.807) is 6.33 Å². The van der Waals surface area contributed by atoms with Gasteiger partial charge in [0.2, 0.25) is 0 Å².